The molecule has 4 heteroatoms. The van der Waals surface area contributed by atoms with E-state index in [-0.39, 0.29) is 17.0 Å². The number of benzene rings is 2. The minimum Gasteiger partial charge on any atom is -0.489 e. The van der Waals surface area contributed by atoms with Crippen molar-refractivity contribution in [3.8, 4) is 16.9 Å². The van der Waals surface area contributed by atoms with Crippen LogP contribution in [0.1, 0.15) is 63.9 Å². The lowest BCUT2D eigenvalue weighted by molar-refractivity contribution is 0.132. The fourth-order valence-electron chi connectivity index (χ4n) is 5.79. The van der Waals surface area contributed by atoms with Crippen molar-refractivity contribution in [3.05, 3.63) is 77.7 Å². The normalized spacial score (nSPS) is 25.5. The molecule has 0 aliphatic heterocycles. The Balaban J connectivity index is 1.50. The highest BCUT2D eigenvalue weighted by Crippen LogP contribution is 2.48. The van der Waals surface area contributed by atoms with Crippen molar-refractivity contribution >= 4 is 0 Å². The first-order valence-electron chi connectivity index (χ1n) is 12.2. The minimum atomic E-state index is -0.965. The summed E-state index contributed by atoms with van der Waals surface area (Å²) < 4.78 is 50.4. The third-order valence-electron chi connectivity index (χ3n) is 7.48. The predicted octanol–water partition coefficient (Wildman–Crippen LogP) is 8.60. The number of halogens is 3. The molecule has 0 heterocycles. The zero-order valence-electron chi connectivity index (χ0n) is 19.5. The van der Waals surface area contributed by atoms with E-state index >= 15 is 8.78 Å². The Labute approximate surface area is 195 Å². The standard InChI is InChI=1S/C29H33F3O/c1-3-5-15-33-23-11-12-25(27(30)18-23)26-14-13-24(28(31)29(26)32)22-10-9-20-16-19(6-4-2)7-8-21(20)17-22/h3-6,11-14,18-22H,7-10,15-17H2,1-2H3/b5-3+,6-4+. The fraction of sp³-hybridized carbons (Fsp3) is 0.448. The summed E-state index contributed by atoms with van der Waals surface area (Å²) in [5, 5.41) is 0. The molecule has 4 rings (SSSR count). The zero-order valence-corrected chi connectivity index (χ0v) is 19.5. The van der Waals surface area contributed by atoms with Crippen LogP contribution in [0, 0.1) is 35.2 Å². The van der Waals surface area contributed by atoms with Gasteiger partial charge < -0.3 is 4.74 Å². The van der Waals surface area contributed by atoms with Crippen molar-refractivity contribution in [1.82, 2.24) is 0 Å². The van der Waals surface area contributed by atoms with Crippen LogP contribution in [0.3, 0.4) is 0 Å². The van der Waals surface area contributed by atoms with E-state index in [9.17, 15) is 4.39 Å². The quantitative estimate of drug-likeness (QED) is 0.397. The van der Waals surface area contributed by atoms with Crippen molar-refractivity contribution in [2.75, 3.05) is 6.61 Å². The number of hydrogen-bond donors (Lipinski definition) is 0. The number of ether oxygens (including phenoxy) is 1. The highest BCUT2D eigenvalue weighted by molar-refractivity contribution is 5.66. The first-order chi connectivity index (χ1) is 16.0. The van der Waals surface area contributed by atoms with Crippen LogP contribution in [-0.2, 0) is 0 Å². The van der Waals surface area contributed by atoms with Crippen molar-refractivity contribution < 1.29 is 17.9 Å². The van der Waals surface area contributed by atoms with Crippen LogP contribution in [0.25, 0.3) is 11.1 Å². The molecule has 2 saturated carbocycles. The SMILES string of the molecule is C/C=C/COc1ccc(-c2ccc(C3CCC4CC(/C=C/C)CCC4C3)c(F)c2F)c(F)c1. The van der Waals surface area contributed by atoms with Crippen LogP contribution in [-0.4, -0.2) is 6.61 Å². The molecule has 0 aromatic heterocycles. The highest BCUT2D eigenvalue weighted by Gasteiger charge is 2.36. The summed E-state index contributed by atoms with van der Waals surface area (Å²) in [5.74, 6) is -0.105. The third kappa shape index (κ3) is 5.20. The molecular formula is C29H33F3O. The van der Waals surface area contributed by atoms with Gasteiger partial charge in [0.15, 0.2) is 11.6 Å². The maximum Gasteiger partial charge on any atom is 0.167 e. The van der Waals surface area contributed by atoms with Gasteiger partial charge in [0.1, 0.15) is 18.2 Å². The second-order valence-corrected chi connectivity index (χ2v) is 9.48. The topological polar surface area (TPSA) is 9.23 Å². The van der Waals surface area contributed by atoms with Crippen molar-refractivity contribution in [3.63, 3.8) is 0 Å². The van der Waals surface area contributed by atoms with Crippen molar-refractivity contribution in [1.29, 1.82) is 0 Å². The molecule has 0 amide bonds. The van der Waals surface area contributed by atoms with Gasteiger partial charge in [0, 0.05) is 17.2 Å². The largest absolute Gasteiger partial charge is 0.489 e. The minimum absolute atomic E-state index is 0.0281. The van der Waals surface area contributed by atoms with Crippen LogP contribution in [0.15, 0.2) is 54.6 Å². The predicted molar refractivity (Wildman–Crippen MR) is 128 cm³/mol. The summed E-state index contributed by atoms with van der Waals surface area (Å²) in [6.07, 6.45) is 14.5. The highest BCUT2D eigenvalue weighted by atomic mass is 19.2. The summed E-state index contributed by atoms with van der Waals surface area (Å²) in [4.78, 5) is 0. The lowest BCUT2D eigenvalue weighted by atomic mass is 9.64. The molecule has 0 N–H and O–H groups in total. The molecule has 2 aliphatic rings. The summed E-state index contributed by atoms with van der Waals surface area (Å²) in [7, 11) is 0. The fourth-order valence-corrected chi connectivity index (χ4v) is 5.79. The zero-order chi connectivity index (χ0) is 23.4. The van der Waals surface area contributed by atoms with Crippen LogP contribution in [0.5, 0.6) is 5.75 Å². The Hall–Kier alpha value is -2.49. The van der Waals surface area contributed by atoms with E-state index in [4.69, 9.17) is 4.74 Å². The lowest BCUT2D eigenvalue weighted by Crippen LogP contribution is -2.30. The Morgan fingerprint density at radius 2 is 1.61 bits per heavy atom. The summed E-state index contributed by atoms with van der Waals surface area (Å²) >= 11 is 0. The van der Waals surface area contributed by atoms with Gasteiger partial charge in [-0.2, -0.15) is 0 Å². The molecule has 1 nitrogen and oxygen atoms in total. The van der Waals surface area contributed by atoms with E-state index in [1.165, 1.54) is 31.0 Å². The molecule has 2 aromatic carbocycles. The van der Waals surface area contributed by atoms with Gasteiger partial charge in [-0.15, -0.1) is 0 Å². The van der Waals surface area contributed by atoms with E-state index in [1.54, 1.807) is 18.2 Å². The molecule has 0 spiro atoms. The molecule has 2 fully saturated rings. The van der Waals surface area contributed by atoms with Gasteiger partial charge in [0.25, 0.3) is 0 Å². The molecule has 2 aromatic rings. The molecular weight excluding hydrogens is 421 g/mol. The molecule has 0 radical (unpaired) electrons. The van der Waals surface area contributed by atoms with Gasteiger partial charge in [-0.05, 0) is 93.7 Å². The molecule has 4 atom stereocenters. The van der Waals surface area contributed by atoms with Crippen LogP contribution >= 0.6 is 0 Å². The second-order valence-electron chi connectivity index (χ2n) is 9.48. The third-order valence-corrected chi connectivity index (χ3v) is 7.48. The van der Waals surface area contributed by atoms with Crippen molar-refractivity contribution in [2.24, 2.45) is 17.8 Å². The first kappa shape index (κ1) is 23.7. The molecule has 2 aliphatic carbocycles. The maximum atomic E-state index is 15.2. The summed E-state index contributed by atoms with van der Waals surface area (Å²) in [5.41, 5.74) is 0.439. The molecule has 4 unspecified atom stereocenters. The van der Waals surface area contributed by atoms with E-state index in [0.29, 0.717) is 35.7 Å². The molecule has 0 bridgehead atoms. The Morgan fingerprint density at radius 3 is 2.36 bits per heavy atom. The van der Waals surface area contributed by atoms with Gasteiger partial charge >= 0.3 is 0 Å². The molecule has 0 saturated heterocycles. The van der Waals surface area contributed by atoms with Crippen LogP contribution in [0.4, 0.5) is 13.2 Å². The van der Waals surface area contributed by atoms with Crippen molar-refractivity contribution in [2.45, 2.75) is 58.3 Å². The number of fused-ring (bicyclic) bond motifs is 1. The summed E-state index contributed by atoms with van der Waals surface area (Å²) in [6, 6.07) is 7.45. The lowest BCUT2D eigenvalue weighted by Gasteiger charge is -2.42. The van der Waals surface area contributed by atoms with Gasteiger partial charge in [-0.25, -0.2) is 13.2 Å². The molecule has 176 valence electrons. The van der Waals surface area contributed by atoms with Gasteiger partial charge in [-0.1, -0.05) is 36.4 Å². The summed E-state index contributed by atoms with van der Waals surface area (Å²) in [6.45, 7) is 4.27. The van der Waals surface area contributed by atoms with E-state index in [0.717, 1.165) is 25.7 Å². The average Bonchev–Trinajstić information content (AvgIpc) is 2.81. The monoisotopic (exact) mass is 454 g/mol. The average molecular weight is 455 g/mol. The number of hydrogen-bond acceptors (Lipinski definition) is 1. The van der Waals surface area contributed by atoms with E-state index < -0.39 is 17.5 Å². The van der Waals surface area contributed by atoms with E-state index in [1.807, 2.05) is 13.0 Å². The van der Waals surface area contributed by atoms with Gasteiger partial charge in [0.2, 0.25) is 0 Å². The maximum absolute atomic E-state index is 15.2. The number of rotatable bonds is 6. The Morgan fingerprint density at radius 1 is 0.848 bits per heavy atom. The Bertz CT molecular complexity index is 1030. The van der Waals surface area contributed by atoms with E-state index in [2.05, 4.69) is 19.1 Å². The second kappa shape index (κ2) is 10.6. The number of allylic oxidation sites excluding steroid dienone is 3. The molecule has 33 heavy (non-hydrogen) atoms. The van der Waals surface area contributed by atoms with Gasteiger partial charge in [0.05, 0.1) is 0 Å². The Kier molecular flexibility index (Phi) is 7.62. The van der Waals surface area contributed by atoms with Crippen LogP contribution in [0.2, 0.25) is 0 Å². The first-order valence-corrected chi connectivity index (χ1v) is 12.2. The van der Waals surface area contributed by atoms with Crippen LogP contribution < -0.4 is 4.74 Å². The smallest absolute Gasteiger partial charge is 0.167 e. The van der Waals surface area contributed by atoms with Gasteiger partial charge in [-0.3, -0.25) is 0 Å².